The van der Waals surface area contributed by atoms with E-state index in [2.05, 4.69) is 32.3 Å². The molecule has 19 heavy (non-hydrogen) atoms. The topological polar surface area (TPSA) is 32.3 Å². The molecule has 1 atom stereocenters. The number of aromatic hydroxyl groups is 1. The average molecular weight is 281 g/mol. The fraction of sp³-hybridized carbons (Fsp3) is 0.625. The van der Waals surface area contributed by atoms with Gasteiger partial charge in [-0.25, -0.2) is 0 Å². The van der Waals surface area contributed by atoms with E-state index in [-0.39, 0.29) is 0 Å². The zero-order valence-electron chi connectivity index (χ0n) is 12.6. The molecule has 0 aliphatic rings. The van der Waals surface area contributed by atoms with Crippen LogP contribution in [-0.2, 0) is 6.42 Å². The Kier molecular flexibility index (Phi) is 6.73. The Morgan fingerprint density at radius 1 is 1.21 bits per heavy atom. The summed E-state index contributed by atoms with van der Waals surface area (Å²) in [6.45, 7) is 7.82. The summed E-state index contributed by atoms with van der Waals surface area (Å²) in [6, 6.07) is 7.96. The molecule has 0 saturated carbocycles. The summed E-state index contributed by atoms with van der Waals surface area (Å²) >= 11 is 1.97. The Hall–Kier alpha value is -0.670. The van der Waals surface area contributed by atoms with E-state index in [1.807, 2.05) is 23.9 Å². The van der Waals surface area contributed by atoms with Crippen molar-refractivity contribution in [3.63, 3.8) is 0 Å². The summed E-state index contributed by atoms with van der Waals surface area (Å²) in [4.78, 5) is 0. The first kappa shape index (κ1) is 16.4. The standard InChI is InChI=1S/C16H27NOS/c1-5-16(6-2,19-4)12-17-13(3)11-14-7-9-15(18)10-8-14/h7-10,13,17-18H,5-6,11-12H2,1-4H3. The molecule has 0 aliphatic carbocycles. The molecule has 2 nitrogen and oxygen atoms in total. The van der Waals surface area contributed by atoms with Crippen LogP contribution in [0, 0.1) is 0 Å². The molecule has 0 aromatic heterocycles. The highest BCUT2D eigenvalue weighted by molar-refractivity contribution is 8.00. The van der Waals surface area contributed by atoms with Gasteiger partial charge in [0.1, 0.15) is 5.75 Å². The van der Waals surface area contributed by atoms with Gasteiger partial charge in [0.15, 0.2) is 0 Å². The van der Waals surface area contributed by atoms with Gasteiger partial charge in [-0.3, -0.25) is 0 Å². The summed E-state index contributed by atoms with van der Waals surface area (Å²) in [7, 11) is 0. The first-order valence-electron chi connectivity index (χ1n) is 7.11. The zero-order chi connectivity index (χ0) is 14.3. The van der Waals surface area contributed by atoms with Crippen LogP contribution in [0.5, 0.6) is 5.75 Å². The highest BCUT2D eigenvalue weighted by Gasteiger charge is 2.24. The summed E-state index contributed by atoms with van der Waals surface area (Å²) in [5.74, 6) is 0.336. The number of nitrogens with one attached hydrogen (secondary N) is 1. The predicted octanol–water partition coefficient (Wildman–Crippen LogP) is 3.83. The van der Waals surface area contributed by atoms with Gasteiger partial charge in [-0.2, -0.15) is 11.8 Å². The van der Waals surface area contributed by atoms with Gasteiger partial charge >= 0.3 is 0 Å². The normalized spacial score (nSPS) is 13.5. The zero-order valence-corrected chi connectivity index (χ0v) is 13.4. The minimum absolute atomic E-state index is 0.336. The van der Waals surface area contributed by atoms with Crippen molar-refractivity contribution in [2.24, 2.45) is 0 Å². The third kappa shape index (κ3) is 5.07. The van der Waals surface area contributed by atoms with Crippen LogP contribution in [0.15, 0.2) is 24.3 Å². The number of thioether (sulfide) groups is 1. The van der Waals surface area contributed by atoms with Gasteiger partial charge in [-0.1, -0.05) is 26.0 Å². The molecule has 1 rings (SSSR count). The number of phenols is 1. The third-order valence-electron chi connectivity index (χ3n) is 3.97. The van der Waals surface area contributed by atoms with E-state index in [0.29, 0.717) is 16.5 Å². The van der Waals surface area contributed by atoms with Gasteiger partial charge in [0, 0.05) is 17.3 Å². The fourth-order valence-electron chi connectivity index (χ4n) is 2.28. The minimum Gasteiger partial charge on any atom is -0.508 e. The molecule has 1 unspecified atom stereocenters. The first-order chi connectivity index (χ1) is 9.05. The number of phenolic OH excluding ortho intramolecular Hbond substituents is 1. The maximum absolute atomic E-state index is 9.28. The van der Waals surface area contributed by atoms with Gasteiger partial charge in [-0.05, 0) is 50.1 Å². The van der Waals surface area contributed by atoms with Crippen LogP contribution in [0.3, 0.4) is 0 Å². The lowest BCUT2D eigenvalue weighted by atomic mass is 10.0. The molecule has 0 saturated heterocycles. The van der Waals surface area contributed by atoms with Crippen LogP contribution < -0.4 is 5.32 Å². The van der Waals surface area contributed by atoms with Crippen molar-refractivity contribution < 1.29 is 5.11 Å². The maximum Gasteiger partial charge on any atom is 0.115 e. The Morgan fingerprint density at radius 3 is 2.26 bits per heavy atom. The molecular weight excluding hydrogens is 254 g/mol. The van der Waals surface area contributed by atoms with Crippen molar-refractivity contribution in [3.05, 3.63) is 29.8 Å². The van der Waals surface area contributed by atoms with Crippen molar-refractivity contribution in [2.45, 2.75) is 50.8 Å². The van der Waals surface area contributed by atoms with Gasteiger partial charge in [-0.15, -0.1) is 0 Å². The molecule has 0 fully saturated rings. The fourth-order valence-corrected chi connectivity index (χ4v) is 3.08. The second kappa shape index (κ2) is 7.81. The van der Waals surface area contributed by atoms with Crippen molar-refractivity contribution >= 4 is 11.8 Å². The Bertz CT molecular complexity index is 351. The van der Waals surface area contributed by atoms with Crippen molar-refractivity contribution in [1.82, 2.24) is 5.32 Å². The maximum atomic E-state index is 9.28. The minimum atomic E-state index is 0.336. The lowest BCUT2D eigenvalue weighted by molar-refractivity contribution is 0.450. The monoisotopic (exact) mass is 281 g/mol. The van der Waals surface area contributed by atoms with Crippen LogP contribution >= 0.6 is 11.8 Å². The SMILES string of the molecule is CCC(CC)(CNC(C)Cc1ccc(O)cc1)SC. The molecule has 2 N–H and O–H groups in total. The molecule has 1 aromatic carbocycles. The molecular formula is C16H27NOS. The van der Waals surface area contributed by atoms with Crippen molar-refractivity contribution in [1.29, 1.82) is 0 Å². The van der Waals surface area contributed by atoms with Gasteiger partial charge in [0.2, 0.25) is 0 Å². The lowest BCUT2D eigenvalue weighted by Gasteiger charge is -2.31. The van der Waals surface area contributed by atoms with E-state index in [4.69, 9.17) is 0 Å². The van der Waals surface area contributed by atoms with Crippen molar-refractivity contribution in [3.8, 4) is 5.75 Å². The van der Waals surface area contributed by atoms with Gasteiger partial charge in [0.05, 0.1) is 0 Å². The number of benzene rings is 1. The van der Waals surface area contributed by atoms with Crippen molar-refractivity contribution in [2.75, 3.05) is 12.8 Å². The van der Waals surface area contributed by atoms with E-state index >= 15 is 0 Å². The van der Waals surface area contributed by atoms with E-state index in [0.717, 1.165) is 13.0 Å². The number of hydrogen-bond donors (Lipinski definition) is 2. The molecule has 0 radical (unpaired) electrons. The Morgan fingerprint density at radius 2 is 1.79 bits per heavy atom. The highest BCUT2D eigenvalue weighted by Crippen LogP contribution is 2.29. The molecule has 0 spiro atoms. The summed E-state index contributed by atoms with van der Waals surface area (Å²) in [5, 5.41) is 12.9. The number of rotatable bonds is 8. The average Bonchev–Trinajstić information content (AvgIpc) is 2.44. The second-order valence-electron chi connectivity index (χ2n) is 5.25. The quantitative estimate of drug-likeness (QED) is 0.759. The molecule has 0 aliphatic heterocycles. The van der Waals surface area contributed by atoms with Gasteiger partial charge < -0.3 is 10.4 Å². The third-order valence-corrected chi connectivity index (χ3v) is 5.56. The molecule has 108 valence electrons. The molecule has 0 heterocycles. The van der Waals surface area contributed by atoms with E-state index in [9.17, 15) is 5.11 Å². The predicted molar refractivity (Wildman–Crippen MR) is 86.1 cm³/mol. The van der Waals surface area contributed by atoms with Crippen LogP contribution in [0.25, 0.3) is 0 Å². The van der Waals surface area contributed by atoms with Crippen LogP contribution in [-0.4, -0.2) is 28.7 Å². The molecule has 1 aromatic rings. The Balaban J connectivity index is 2.47. The highest BCUT2D eigenvalue weighted by atomic mass is 32.2. The number of hydrogen-bond acceptors (Lipinski definition) is 3. The van der Waals surface area contributed by atoms with Crippen LogP contribution in [0.4, 0.5) is 0 Å². The van der Waals surface area contributed by atoms with Crippen LogP contribution in [0.1, 0.15) is 39.2 Å². The van der Waals surface area contributed by atoms with E-state index in [1.165, 1.54) is 18.4 Å². The van der Waals surface area contributed by atoms with Gasteiger partial charge in [0.25, 0.3) is 0 Å². The largest absolute Gasteiger partial charge is 0.508 e. The Labute approximate surface area is 122 Å². The van der Waals surface area contributed by atoms with Crippen LogP contribution in [0.2, 0.25) is 0 Å². The molecule has 0 bridgehead atoms. The first-order valence-corrected chi connectivity index (χ1v) is 8.34. The molecule has 0 amide bonds. The summed E-state index contributed by atoms with van der Waals surface area (Å²) < 4.78 is 0.364. The smallest absolute Gasteiger partial charge is 0.115 e. The lowest BCUT2D eigenvalue weighted by Crippen LogP contribution is -2.41. The summed E-state index contributed by atoms with van der Waals surface area (Å²) in [5.41, 5.74) is 1.26. The van der Waals surface area contributed by atoms with E-state index < -0.39 is 0 Å². The summed E-state index contributed by atoms with van der Waals surface area (Å²) in [6.07, 6.45) is 5.60. The van der Waals surface area contributed by atoms with E-state index in [1.54, 1.807) is 12.1 Å². The second-order valence-corrected chi connectivity index (χ2v) is 6.52. The molecule has 3 heteroatoms.